The molecule has 0 radical (unpaired) electrons. The average Bonchev–Trinajstić information content (AvgIpc) is 2.87. The highest BCUT2D eigenvalue weighted by atomic mass is 16.4. The lowest BCUT2D eigenvalue weighted by molar-refractivity contribution is -0.147. The first-order valence-corrected chi connectivity index (χ1v) is 6.34. The Hall–Kier alpha value is -1.36. The van der Waals surface area contributed by atoms with E-state index in [1.54, 1.807) is 0 Å². The number of rotatable bonds is 5. The van der Waals surface area contributed by atoms with Crippen LogP contribution in [0.5, 0.6) is 0 Å². The van der Waals surface area contributed by atoms with Gasteiger partial charge in [0, 0.05) is 13.1 Å². The van der Waals surface area contributed by atoms with Crippen LogP contribution in [0, 0.1) is 23.7 Å². The number of hydrogen-bond acceptors (Lipinski definition) is 3. The van der Waals surface area contributed by atoms with Gasteiger partial charge in [-0.2, -0.15) is 0 Å². The van der Waals surface area contributed by atoms with Crippen molar-refractivity contribution in [1.29, 1.82) is 0 Å². The topological polar surface area (TPSA) is 69.6 Å². The molecule has 100 valence electrons. The SMILES string of the molecule is CN(C)CCNC(=O)[C@H]1C2C=CC(C2)[C@H]1C(=O)O. The van der Waals surface area contributed by atoms with E-state index in [0.29, 0.717) is 6.54 Å². The minimum atomic E-state index is -0.848. The second-order valence-corrected chi connectivity index (χ2v) is 5.43. The molecule has 4 atom stereocenters. The van der Waals surface area contributed by atoms with Crippen LogP contribution in [-0.4, -0.2) is 49.1 Å². The summed E-state index contributed by atoms with van der Waals surface area (Å²) in [4.78, 5) is 25.4. The van der Waals surface area contributed by atoms with Gasteiger partial charge < -0.3 is 15.3 Å². The summed E-state index contributed by atoms with van der Waals surface area (Å²) in [6.07, 6.45) is 4.76. The van der Waals surface area contributed by atoms with Crippen molar-refractivity contribution in [3.63, 3.8) is 0 Å². The summed E-state index contributed by atoms with van der Waals surface area (Å²) in [5, 5.41) is 12.1. The summed E-state index contributed by atoms with van der Waals surface area (Å²) >= 11 is 0. The molecule has 0 aromatic heterocycles. The van der Waals surface area contributed by atoms with E-state index in [2.05, 4.69) is 5.32 Å². The van der Waals surface area contributed by atoms with Gasteiger partial charge in [0.1, 0.15) is 0 Å². The lowest BCUT2D eigenvalue weighted by Crippen LogP contribution is -2.42. The van der Waals surface area contributed by atoms with Crippen molar-refractivity contribution >= 4 is 11.9 Å². The number of nitrogens with zero attached hydrogens (tertiary/aromatic N) is 1. The van der Waals surface area contributed by atoms with Gasteiger partial charge in [0.15, 0.2) is 0 Å². The van der Waals surface area contributed by atoms with E-state index in [0.717, 1.165) is 13.0 Å². The highest BCUT2D eigenvalue weighted by Crippen LogP contribution is 2.48. The zero-order chi connectivity index (χ0) is 13.3. The summed E-state index contributed by atoms with van der Waals surface area (Å²) in [5.41, 5.74) is 0. The van der Waals surface area contributed by atoms with Crippen LogP contribution < -0.4 is 5.32 Å². The van der Waals surface area contributed by atoms with Gasteiger partial charge in [-0.3, -0.25) is 9.59 Å². The molecule has 0 spiro atoms. The maximum absolute atomic E-state index is 12.1. The number of carboxylic acid groups (broad SMARTS) is 1. The highest BCUT2D eigenvalue weighted by Gasteiger charge is 2.51. The molecule has 18 heavy (non-hydrogen) atoms. The Labute approximate surface area is 107 Å². The first-order chi connectivity index (χ1) is 8.50. The third-order valence-electron chi connectivity index (χ3n) is 3.91. The zero-order valence-corrected chi connectivity index (χ0v) is 10.8. The number of aliphatic carboxylic acids is 1. The Morgan fingerprint density at radius 1 is 1.28 bits per heavy atom. The maximum Gasteiger partial charge on any atom is 0.307 e. The van der Waals surface area contributed by atoms with Gasteiger partial charge in [0.2, 0.25) is 5.91 Å². The molecule has 2 bridgehead atoms. The van der Waals surface area contributed by atoms with Crippen molar-refractivity contribution in [2.24, 2.45) is 23.7 Å². The molecular weight excluding hydrogens is 232 g/mol. The minimum Gasteiger partial charge on any atom is -0.481 e. The van der Waals surface area contributed by atoms with E-state index >= 15 is 0 Å². The van der Waals surface area contributed by atoms with Crippen LogP contribution >= 0.6 is 0 Å². The van der Waals surface area contributed by atoms with Gasteiger partial charge in [-0.25, -0.2) is 0 Å². The van der Waals surface area contributed by atoms with E-state index in [1.807, 2.05) is 31.1 Å². The average molecular weight is 252 g/mol. The number of hydrogen-bond donors (Lipinski definition) is 2. The highest BCUT2D eigenvalue weighted by molar-refractivity contribution is 5.86. The number of allylic oxidation sites excluding steroid dienone is 2. The van der Waals surface area contributed by atoms with Crippen molar-refractivity contribution in [1.82, 2.24) is 10.2 Å². The molecule has 0 aliphatic heterocycles. The fraction of sp³-hybridized carbons (Fsp3) is 0.692. The van der Waals surface area contributed by atoms with Gasteiger partial charge in [-0.15, -0.1) is 0 Å². The molecule has 1 saturated carbocycles. The van der Waals surface area contributed by atoms with Crippen LogP contribution in [0.4, 0.5) is 0 Å². The third kappa shape index (κ3) is 2.41. The number of carboxylic acids is 1. The van der Waals surface area contributed by atoms with Crippen molar-refractivity contribution in [3.8, 4) is 0 Å². The third-order valence-corrected chi connectivity index (χ3v) is 3.91. The fourth-order valence-corrected chi connectivity index (χ4v) is 3.04. The number of carbonyl (C=O) groups excluding carboxylic acids is 1. The Kier molecular flexibility index (Phi) is 3.71. The summed E-state index contributed by atoms with van der Waals surface area (Å²) in [5.74, 6) is -1.74. The molecule has 5 heteroatoms. The van der Waals surface area contributed by atoms with E-state index in [1.165, 1.54) is 0 Å². The molecule has 0 heterocycles. The normalized spacial score (nSPS) is 33.1. The standard InChI is InChI=1S/C13H20N2O3/c1-15(2)6-5-14-12(16)10-8-3-4-9(7-8)11(10)13(17)18/h3-4,8-11H,5-7H2,1-2H3,(H,14,16)(H,17,18)/t8?,9?,10-,11+/m0/s1. The van der Waals surface area contributed by atoms with Gasteiger partial charge >= 0.3 is 5.97 Å². The molecule has 2 aliphatic rings. The Balaban J connectivity index is 1.96. The zero-order valence-electron chi connectivity index (χ0n) is 10.8. The molecule has 5 nitrogen and oxygen atoms in total. The monoisotopic (exact) mass is 252 g/mol. The molecule has 2 rings (SSSR count). The van der Waals surface area contributed by atoms with E-state index in [-0.39, 0.29) is 23.7 Å². The first-order valence-electron chi connectivity index (χ1n) is 6.34. The lowest BCUT2D eigenvalue weighted by atomic mass is 9.82. The number of carbonyl (C=O) groups is 2. The van der Waals surface area contributed by atoms with Crippen LogP contribution in [0.1, 0.15) is 6.42 Å². The predicted molar refractivity (Wildman–Crippen MR) is 66.9 cm³/mol. The largest absolute Gasteiger partial charge is 0.481 e. The minimum absolute atomic E-state index is 0.0390. The lowest BCUT2D eigenvalue weighted by Gasteiger charge is -2.24. The maximum atomic E-state index is 12.1. The van der Waals surface area contributed by atoms with Gasteiger partial charge in [-0.05, 0) is 32.4 Å². The van der Waals surface area contributed by atoms with Crippen LogP contribution in [0.3, 0.4) is 0 Å². The van der Waals surface area contributed by atoms with Gasteiger partial charge in [-0.1, -0.05) is 12.2 Å². The van der Waals surface area contributed by atoms with Crippen molar-refractivity contribution in [2.45, 2.75) is 6.42 Å². The molecule has 0 saturated heterocycles. The second kappa shape index (κ2) is 5.10. The molecule has 2 unspecified atom stereocenters. The molecule has 1 amide bonds. The molecule has 2 N–H and O–H groups in total. The summed E-state index contributed by atoms with van der Waals surface area (Å²) < 4.78 is 0. The van der Waals surface area contributed by atoms with E-state index in [4.69, 9.17) is 0 Å². The van der Waals surface area contributed by atoms with E-state index in [9.17, 15) is 14.7 Å². The molecule has 1 fully saturated rings. The molecule has 0 aromatic carbocycles. The fourth-order valence-electron chi connectivity index (χ4n) is 3.04. The Morgan fingerprint density at radius 3 is 2.44 bits per heavy atom. The molecule has 0 aromatic rings. The van der Waals surface area contributed by atoms with Crippen LogP contribution in [0.15, 0.2) is 12.2 Å². The quantitative estimate of drug-likeness (QED) is 0.685. The van der Waals surface area contributed by atoms with Gasteiger partial charge in [0.25, 0.3) is 0 Å². The summed E-state index contributed by atoms with van der Waals surface area (Å²) in [6.45, 7) is 1.33. The summed E-state index contributed by atoms with van der Waals surface area (Å²) in [6, 6.07) is 0. The summed E-state index contributed by atoms with van der Waals surface area (Å²) in [7, 11) is 3.87. The molecule has 2 aliphatic carbocycles. The van der Waals surface area contributed by atoms with Crippen molar-refractivity contribution in [3.05, 3.63) is 12.2 Å². The smallest absolute Gasteiger partial charge is 0.307 e. The van der Waals surface area contributed by atoms with Crippen LogP contribution in [-0.2, 0) is 9.59 Å². The van der Waals surface area contributed by atoms with Crippen molar-refractivity contribution in [2.75, 3.05) is 27.2 Å². The number of amides is 1. The number of fused-ring (bicyclic) bond motifs is 2. The first kappa shape index (κ1) is 13.1. The second-order valence-electron chi connectivity index (χ2n) is 5.43. The number of nitrogens with one attached hydrogen (secondary N) is 1. The molecular formula is C13H20N2O3. The number of likely N-dealkylation sites (N-methyl/N-ethyl adjacent to an activating group) is 1. The van der Waals surface area contributed by atoms with Gasteiger partial charge in [0.05, 0.1) is 11.8 Å². The predicted octanol–water partition coefficient (Wildman–Crippen LogP) is 0.187. The van der Waals surface area contributed by atoms with Crippen LogP contribution in [0.25, 0.3) is 0 Å². The van der Waals surface area contributed by atoms with E-state index < -0.39 is 11.9 Å². The van der Waals surface area contributed by atoms with Crippen LogP contribution in [0.2, 0.25) is 0 Å². The van der Waals surface area contributed by atoms with Crippen molar-refractivity contribution < 1.29 is 14.7 Å². The Morgan fingerprint density at radius 2 is 1.89 bits per heavy atom. The Bertz CT molecular complexity index is 378.